The summed E-state index contributed by atoms with van der Waals surface area (Å²) < 4.78 is 8.44. The van der Waals surface area contributed by atoms with Gasteiger partial charge in [0.05, 0.1) is 17.2 Å². The zero-order valence-electron chi connectivity index (χ0n) is 20.1. The lowest BCUT2D eigenvalue weighted by molar-refractivity contribution is -0.119. The van der Waals surface area contributed by atoms with Crippen molar-refractivity contribution in [1.29, 1.82) is 5.26 Å². The van der Waals surface area contributed by atoms with E-state index in [1.165, 1.54) is 42.3 Å². The van der Waals surface area contributed by atoms with E-state index in [0.717, 1.165) is 16.9 Å². The Morgan fingerprint density at radius 1 is 1.00 bits per heavy atom. The van der Waals surface area contributed by atoms with Crippen LogP contribution >= 0.6 is 35.1 Å². The molecule has 0 aliphatic carbocycles. The van der Waals surface area contributed by atoms with Crippen molar-refractivity contribution in [2.45, 2.75) is 31.6 Å². The fourth-order valence-corrected chi connectivity index (χ4v) is 4.42. The van der Waals surface area contributed by atoms with Crippen LogP contribution in [0.25, 0.3) is 0 Å². The van der Waals surface area contributed by atoms with Crippen LogP contribution in [0.5, 0.6) is 5.75 Å². The number of rotatable bonds is 10. The summed E-state index contributed by atoms with van der Waals surface area (Å²) in [6, 6.07) is 16.1. The van der Waals surface area contributed by atoms with Gasteiger partial charge in [0, 0.05) is 32.6 Å². The second-order valence-electron chi connectivity index (χ2n) is 8.00. The maximum atomic E-state index is 13.1. The Balaban J connectivity index is 1.68. The van der Waals surface area contributed by atoms with E-state index in [2.05, 4.69) is 10.0 Å². The van der Waals surface area contributed by atoms with Crippen LogP contribution in [0.3, 0.4) is 0 Å². The van der Waals surface area contributed by atoms with Gasteiger partial charge in [-0.1, -0.05) is 30.1 Å². The molecule has 3 aromatic rings. The van der Waals surface area contributed by atoms with E-state index >= 15 is 0 Å². The highest BCUT2D eigenvalue weighted by Crippen LogP contribution is 2.28. The summed E-state index contributed by atoms with van der Waals surface area (Å²) in [6.07, 6.45) is 1.23. The van der Waals surface area contributed by atoms with E-state index in [1.807, 2.05) is 26.0 Å². The van der Waals surface area contributed by atoms with Crippen LogP contribution in [0.4, 0.5) is 5.69 Å². The minimum Gasteiger partial charge on any atom is -0.483 e. The first-order valence-electron chi connectivity index (χ1n) is 11.2. The van der Waals surface area contributed by atoms with Crippen molar-refractivity contribution in [2.75, 3.05) is 11.9 Å². The minimum absolute atomic E-state index is 0.0411. The summed E-state index contributed by atoms with van der Waals surface area (Å²) in [7, 11) is 0. The summed E-state index contributed by atoms with van der Waals surface area (Å²) in [5.41, 5.74) is 1.96. The number of nitriles is 1. The summed E-state index contributed by atoms with van der Waals surface area (Å²) in [4.78, 5) is 38.2. The maximum absolute atomic E-state index is 13.1. The zero-order valence-corrected chi connectivity index (χ0v) is 22.4. The number of carbonyl (C=O) groups is 3. The minimum atomic E-state index is -0.452. The highest BCUT2D eigenvalue weighted by molar-refractivity contribution is 7.98. The molecule has 2 N–H and O–H groups in total. The first-order valence-corrected chi connectivity index (χ1v) is 12.8. The van der Waals surface area contributed by atoms with Gasteiger partial charge < -0.3 is 10.1 Å². The third-order valence-electron chi connectivity index (χ3n) is 5.07. The van der Waals surface area contributed by atoms with E-state index < -0.39 is 11.7 Å². The zero-order chi connectivity index (χ0) is 26.9. The van der Waals surface area contributed by atoms with Crippen LogP contribution < -0.4 is 14.8 Å². The quantitative estimate of drug-likeness (QED) is 0.223. The average molecular weight is 556 g/mol. The number of hydrogen-bond acceptors (Lipinski definition) is 6. The third-order valence-corrected chi connectivity index (χ3v) is 6.34. The molecule has 10 heteroatoms. The van der Waals surface area contributed by atoms with Crippen LogP contribution in [0.1, 0.15) is 46.8 Å². The highest BCUT2D eigenvalue weighted by atomic mass is 35.5. The molecular formula is C27H23Cl2N3O4S. The van der Waals surface area contributed by atoms with Gasteiger partial charge in [-0.2, -0.15) is 5.26 Å². The topological polar surface area (TPSA) is 108 Å². The number of ketones is 1. The van der Waals surface area contributed by atoms with Crippen LogP contribution in [0.15, 0.2) is 59.5 Å². The van der Waals surface area contributed by atoms with Crippen LogP contribution in [-0.4, -0.2) is 24.2 Å². The standard InChI is InChI=1S/C27H23Cl2N3O4S/c1-3-4-25(33)32-37-21-6-7-23(16(2)9-21)31-26(34)15-36-24-8-5-19(28)13-22(24)27(35)18-10-17(14-30)11-20(29)12-18/h5-13H,3-4,15H2,1-2H3,(H,31,34)(H,32,33). The van der Waals surface area contributed by atoms with Crippen molar-refractivity contribution < 1.29 is 19.1 Å². The van der Waals surface area contributed by atoms with Crippen molar-refractivity contribution in [3.63, 3.8) is 0 Å². The molecule has 0 fully saturated rings. The van der Waals surface area contributed by atoms with Crippen molar-refractivity contribution in [3.8, 4) is 11.8 Å². The van der Waals surface area contributed by atoms with Crippen LogP contribution in [0, 0.1) is 18.3 Å². The number of amides is 2. The van der Waals surface area contributed by atoms with Crippen molar-refractivity contribution >= 4 is 58.4 Å². The van der Waals surface area contributed by atoms with Gasteiger partial charge in [-0.15, -0.1) is 0 Å². The molecule has 3 aromatic carbocycles. The second kappa shape index (κ2) is 13.2. The number of aryl methyl sites for hydroxylation is 1. The monoisotopic (exact) mass is 555 g/mol. The number of benzene rings is 3. The summed E-state index contributed by atoms with van der Waals surface area (Å²) in [5, 5.41) is 12.5. The van der Waals surface area contributed by atoms with Crippen molar-refractivity contribution in [1.82, 2.24) is 4.72 Å². The maximum Gasteiger partial charge on any atom is 0.262 e. The number of nitrogens with one attached hydrogen (secondary N) is 2. The van der Waals surface area contributed by atoms with Crippen molar-refractivity contribution in [2.24, 2.45) is 0 Å². The summed E-state index contributed by atoms with van der Waals surface area (Å²) in [6.45, 7) is 3.42. The van der Waals surface area contributed by atoms with Gasteiger partial charge in [0.1, 0.15) is 5.75 Å². The van der Waals surface area contributed by atoms with E-state index in [4.69, 9.17) is 27.9 Å². The Labute approximate surface area is 229 Å². The van der Waals surface area contributed by atoms with E-state index in [1.54, 1.807) is 18.2 Å². The molecule has 37 heavy (non-hydrogen) atoms. The van der Waals surface area contributed by atoms with Gasteiger partial charge in [-0.05, 0) is 85.5 Å². The number of ether oxygens (including phenoxy) is 1. The molecule has 2 amide bonds. The van der Waals surface area contributed by atoms with Gasteiger partial charge in [-0.25, -0.2) is 0 Å². The number of nitrogens with zero attached hydrogens (tertiary/aromatic N) is 1. The van der Waals surface area contributed by atoms with Crippen molar-refractivity contribution in [3.05, 3.63) is 86.9 Å². The average Bonchev–Trinajstić information content (AvgIpc) is 2.87. The van der Waals surface area contributed by atoms with Gasteiger partial charge in [-0.3, -0.25) is 19.1 Å². The molecule has 0 bridgehead atoms. The van der Waals surface area contributed by atoms with Crippen LogP contribution in [-0.2, 0) is 9.59 Å². The van der Waals surface area contributed by atoms with E-state index in [-0.39, 0.29) is 40.0 Å². The molecule has 0 aromatic heterocycles. The predicted octanol–water partition coefficient (Wildman–Crippen LogP) is 6.35. The lowest BCUT2D eigenvalue weighted by Gasteiger charge is -2.13. The molecule has 0 radical (unpaired) electrons. The largest absolute Gasteiger partial charge is 0.483 e. The molecule has 190 valence electrons. The fourth-order valence-electron chi connectivity index (χ4n) is 3.31. The molecule has 0 aliphatic rings. The number of halogens is 2. The van der Waals surface area contributed by atoms with E-state index in [0.29, 0.717) is 17.1 Å². The first kappa shape index (κ1) is 28.1. The molecule has 0 saturated heterocycles. The molecule has 0 atom stereocenters. The Morgan fingerprint density at radius 3 is 2.49 bits per heavy atom. The van der Waals surface area contributed by atoms with Gasteiger partial charge in [0.2, 0.25) is 5.91 Å². The number of carbonyl (C=O) groups excluding carboxylic acids is 3. The van der Waals surface area contributed by atoms with Gasteiger partial charge >= 0.3 is 0 Å². The Morgan fingerprint density at radius 2 is 1.78 bits per heavy atom. The molecule has 0 spiro atoms. The summed E-state index contributed by atoms with van der Waals surface area (Å²) in [5.74, 6) is -0.760. The number of anilines is 1. The normalized spacial score (nSPS) is 10.4. The highest BCUT2D eigenvalue weighted by Gasteiger charge is 2.18. The molecule has 7 nitrogen and oxygen atoms in total. The Hall–Kier alpha value is -3.51. The van der Waals surface area contributed by atoms with Gasteiger partial charge in [0.15, 0.2) is 12.4 Å². The van der Waals surface area contributed by atoms with Gasteiger partial charge in [0.25, 0.3) is 5.91 Å². The number of hydrogen-bond donors (Lipinski definition) is 2. The molecule has 3 rings (SSSR count). The fraction of sp³-hybridized carbons (Fsp3) is 0.185. The smallest absolute Gasteiger partial charge is 0.262 e. The molecule has 0 unspecified atom stereocenters. The predicted molar refractivity (Wildman–Crippen MR) is 145 cm³/mol. The Kier molecular flexibility index (Phi) is 9.98. The third kappa shape index (κ3) is 7.99. The summed E-state index contributed by atoms with van der Waals surface area (Å²) >= 11 is 13.4. The van der Waals surface area contributed by atoms with E-state index in [9.17, 15) is 19.6 Å². The molecule has 0 saturated carbocycles. The second-order valence-corrected chi connectivity index (χ2v) is 9.75. The molecular weight excluding hydrogens is 533 g/mol. The lowest BCUT2D eigenvalue weighted by Crippen LogP contribution is -2.21. The SMILES string of the molecule is CCCC(=O)NSc1ccc(NC(=O)COc2ccc(Cl)cc2C(=O)c2cc(Cl)cc(C#N)c2)c(C)c1. The Bertz CT molecular complexity index is 1390. The molecule has 0 aliphatic heterocycles. The lowest BCUT2D eigenvalue weighted by atomic mass is 10.0. The van der Waals surface area contributed by atoms with Crippen LogP contribution in [0.2, 0.25) is 10.0 Å². The first-order chi connectivity index (χ1) is 17.7. The molecule has 0 heterocycles.